The van der Waals surface area contributed by atoms with Gasteiger partial charge in [0, 0.05) is 22.7 Å². The zero-order chi connectivity index (χ0) is 22.5. The van der Waals surface area contributed by atoms with Crippen molar-refractivity contribution in [3.8, 4) is 28.3 Å². The molecule has 2 N–H and O–H groups in total. The van der Waals surface area contributed by atoms with Gasteiger partial charge in [0.15, 0.2) is 5.65 Å². The summed E-state index contributed by atoms with van der Waals surface area (Å²) in [6, 6.07) is 16.9. The van der Waals surface area contributed by atoms with E-state index in [0.29, 0.717) is 40.5 Å². The monoisotopic (exact) mass is 448 g/mol. The predicted octanol–water partition coefficient (Wildman–Crippen LogP) is 5.87. The number of ether oxygens (including phenoxy) is 1. The summed E-state index contributed by atoms with van der Waals surface area (Å²) in [5.41, 5.74) is 4.21. The van der Waals surface area contributed by atoms with Crippen LogP contribution >= 0.6 is 11.6 Å². The lowest BCUT2D eigenvalue weighted by molar-refractivity contribution is 0.0955. The molecule has 7 heteroatoms. The van der Waals surface area contributed by atoms with Gasteiger partial charge in [0.2, 0.25) is 0 Å². The second kappa shape index (κ2) is 9.83. The van der Waals surface area contributed by atoms with Crippen molar-refractivity contribution in [2.45, 2.75) is 26.7 Å². The zero-order valence-electron chi connectivity index (χ0n) is 18.1. The van der Waals surface area contributed by atoms with Crippen LogP contribution in [0.1, 0.15) is 37.0 Å². The van der Waals surface area contributed by atoms with Gasteiger partial charge in [-0.15, -0.1) is 0 Å². The van der Waals surface area contributed by atoms with Gasteiger partial charge in [-0.1, -0.05) is 37.1 Å². The minimum atomic E-state index is -0.144. The summed E-state index contributed by atoms with van der Waals surface area (Å²) in [5.74, 6) is 0.648. The van der Waals surface area contributed by atoms with Gasteiger partial charge in [0.05, 0.1) is 28.9 Å². The van der Waals surface area contributed by atoms with Crippen LogP contribution in [0.4, 0.5) is 0 Å². The first kappa shape index (κ1) is 21.8. The normalized spacial score (nSPS) is 11.0. The summed E-state index contributed by atoms with van der Waals surface area (Å²) in [5, 5.41) is 11.8. The quantitative estimate of drug-likeness (QED) is 0.330. The van der Waals surface area contributed by atoms with Crippen LogP contribution in [-0.4, -0.2) is 34.2 Å². The van der Waals surface area contributed by atoms with Crippen molar-refractivity contribution < 1.29 is 9.53 Å². The fourth-order valence-electron chi connectivity index (χ4n) is 3.54. The fraction of sp³-hybridized carbons (Fsp3) is 0.240. The molecule has 0 aliphatic heterocycles. The van der Waals surface area contributed by atoms with E-state index in [2.05, 4.69) is 22.4 Å². The summed E-state index contributed by atoms with van der Waals surface area (Å²) in [6.45, 7) is 5.26. The molecule has 0 fully saturated rings. The molecule has 2 aromatic heterocycles. The highest BCUT2D eigenvalue weighted by Gasteiger charge is 2.20. The number of hydrogen-bond acceptors (Lipinski definition) is 4. The third kappa shape index (κ3) is 4.60. The largest absolute Gasteiger partial charge is 0.494 e. The molecule has 2 heterocycles. The van der Waals surface area contributed by atoms with E-state index < -0.39 is 0 Å². The number of fused-ring (bicyclic) bond motifs is 1. The van der Waals surface area contributed by atoms with Gasteiger partial charge in [0.1, 0.15) is 5.75 Å². The van der Waals surface area contributed by atoms with Gasteiger partial charge in [-0.2, -0.15) is 5.10 Å². The smallest absolute Gasteiger partial charge is 0.252 e. The van der Waals surface area contributed by atoms with Gasteiger partial charge in [-0.3, -0.25) is 9.89 Å². The van der Waals surface area contributed by atoms with Gasteiger partial charge < -0.3 is 10.1 Å². The summed E-state index contributed by atoms with van der Waals surface area (Å²) in [4.78, 5) is 17.9. The Bertz CT molecular complexity index is 1220. The number of aromatic nitrogens is 3. The van der Waals surface area contributed by atoms with Crippen molar-refractivity contribution in [2.75, 3.05) is 13.2 Å². The molecule has 1 amide bonds. The number of halogens is 1. The molecular weight excluding hydrogens is 424 g/mol. The Morgan fingerprint density at radius 3 is 2.47 bits per heavy atom. The first-order chi connectivity index (χ1) is 15.6. The van der Waals surface area contributed by atoms with Crippen LogP contribution in [0.3, 0.4) is 0 Å². The van der Waals surface area contributed by atoms with E-state index in [0.717, 1.165) is 35.4 Å². The lowest BCUT2D eigenvalue weighted by atomic mass is 10.0. The van der Waals surface area contributed by atoms with Gasteiger partial charge in [0.25, 0.3) is 5.91 Å². The lowest BCUT2D eigenvalue weighted by Crippen LogP contribution is -2.24. The van der Waals surface area contributed by atoms with Crippen molar-refractivity contribution in [3.63, 3.8) is 0 Å². The molecule has 4 aromatic rings. The number of benzene rings is 2. The average molecular weight is 449 g/mol. The van der Waals surface area contributed by atoms with E-state index in [1.165, 1.54) is 0 Å². The molecule has 0 bridgehead atoms. The van der Waals surface area contributed by atoms with Crippen molar-refractivity contribution in [1.29, 1.82) is 0 Å². The fourth-order valence-corrected chi connectivity index (χ4v) is 3.66. The Morgan fingerprint density at radius 1 is 1.06 bits per heavy atom. The molecule has 0 unspecified atom stereocenters. The summed E-state index contributed by atoms with van der Waals surface area (Å²) < 4.78 is 5.53. The number of aromatic amines is 1. The van der Waals surface area contributed by atoms with E-state index >= 15 is 0 Å². The second-order valence-electron chi connectivity index (χ2n) is 7.43. The van der Waals surface area contributed by atoms with Gasteiger partial charge >= 0.3 is 0 Å². The number of carbonyl (C=O) groups is 1. The number of nitrogens with one attached hydrogen (secondary N) is 2. The van der Waals surface area contributed by atoms with Crippen LogP contribution < -0.4 is 10.1 Å². The molecule has 0 spiro atoms. The second-order valence-corrected chi connectivity index (χ2v) is 7.86. The maximum atomic E-state index is 13.2. The predicted molar refractivity (Wildman–Crippen MR) is 128 cm³/mol. The zero-order valence-corrected chi connectivity index (χ0v) is 18.9. The molecule has 0 atom stereocenters. The molecule has 0 radical (unpaired) electrons. The molecule has 0 saturated carbocycles. The Balaban J connectivity index is 1.82. The SMILES string of the molecule is CCCCNC(=O)c1cc(-c2ccc(OCC)cc2)nc2n[nH]c(-c3ccc(Cl)cc3)c12. The van der Waals surface area contributed by atoms with E-state index in [-0.39, 0.29) is 5.91 Å². The molecule has 164 valence electrons. The number of pyridine rings is 1. The van der Waals surface area contributed by atoms with Crippen LogP contribution in [-0.2, 0) is 0 Å². The maximum Gasteiger partial charge on any atom is 0.252 e. The molecule has 0 aliphatic carbocycles. The molecular formula is C25H25ClN4O2. The van der Waals surface area contributed by atoms with Crippen molar-refractivity contribution in [1.82, 2.24) is 20.5 Å². The van der Waals surface area contributed by atoms with Gasteiger partial charge in [-0.05, 0) is 55.8 Å². The van der Waals surface area contributed by atoms with E-state index in [1.54, 1.807) is 0 Å². The number of amides is 1. The van der Waals surface area contributed by atoms with Crippen molar-refractivity contribution in [3.05, 3.63) is 65.2 Å². The minimum Gasteiger partial charge on any atom is -0.494 e. The number of unbranched alkanes of at least 4 members (excludes halogenated alkanes) is 1. The molecule has 4 rings (SSSR count). The van der Waals surface area contributed by atoms with Crippen molar-refractivity contribution in [2.24, 2.45) is 0 Å². The van der Waals surface area contributed by atoms with Crippen LogP contribution in [0.25, 0.3) is 33.5 Å². The number of carbonyl (C=O) groups excluding carboxylic acids is 1. The highest BCUT2D eigenvalue weighted by molar-refractivity contribution is 6.30. The average Bonchev–Trinajstić information content (AvgIpc) is 3.24. The van der Waals surface area contributed by atoms with Gasteiger partial charge in [-0.25, -0.2) is 4.98 Å². The van der Waals surface area contributed by atoms with Crippen molar-refractivity contribution >= 4 is 28.5 Å². The number of hydrogen-bond donors (Lipinski definition) is 2. The maximum absolute atomic E-state index is 13.2. The topological polar surface area (TPSA) is 79.9 Å². The molecule has 0 aliphatic rings. The van der Waals surface area contributed by atoms with E-state index in [9.17, 15) is 4.79 Å². The van der Waals surface area contributed by atoms with Crippen LogP contribution in [0, 0.1) is 0 Å². The number of nitrogens with zero attached hydrogens (tertiary/aromatic N) is 2. The summed E-state index contributed by atoms with van der Waals surface area (Å²) >= 11 is 6.05. The minimum absolute atomic E-state index is 0.144. The molecule has 2 aromatic carbocycles. The molecule has 0 saturated heterocycles. The van der Waals surface area contributed by atoms with E-state index in [4.69, 9.17) is 21.3 Å². The molecule has 6 nitrogen and oxygen atoms in total. The Labute approximate surface area is 192 Å². The van der Waals surface area contributed by atoms with Crippen LogP contribution in [0.2, 0.25) is 5.02 Å². The molecule has 32 heavy (non-hydrogen) atoms. The first-order valence-electron chi connectivity index (χ1n) is 10.8. The standard InChI is InChI=1S/C25H25ClN4O2/c1-3-5-14-27-25(31)20-15-21(16-8-12-19(13-9-16)32-4-2)28-24-22(20)23(29-30-24)17-6-10-18(26)11-7-17/h6-13,15H,3-5,14H2,1-2H3,(H,27,31)(H,28,29,30). The first-order valence-corrected chi connectivity index (χ1v) is 11.1. The Kier molecular flexibility index (Phi) is 6.71. The van der Waals surface area contributed by atoms with Crippen LogP contribution in [0.5, 0.6) is 5.75 Å². The lowest BCUT2D eigenvalue weighted by Gasteiger charge is -2.10. The third-order valence-electron chi connectivity index (χ3n) is 5.18. The Hall–Kier alpha value is -3.38. The van der Waals surface area contributed by atoms with E-state index in [1.807, 2.05) is 61.5 Å². The number of rotatable bonds is 8. The summed E-state index contributed by atoms with van der Waals surface area (Å²) in [7, 11) is 0. The van der Waals surface area contributed by atoms with Crippen LogP contribution in [0.15, 0.2) is 54.6 Å². The summed E-state index contributed by atoms with van der Waals surface area (Å²) in [6.07, 6.45) is 1.92. The Morgan fingerprint density at radius 2 is 1.78 bits per heavy atom. The highest BCUT2D eigenvalue weighted by Crippen LogP contribution is 2.32. The highest BCUT2D eigenvalue weighted by atomic mass is 35.5. The number of H-pyrrole nitrogens is 1. The third-order valence-corrected chi connectivity index (χ3v) is 5.43.